The predicted molar refractivity (Wildman–Crippen MR) is 61.8 cm³/mol. The fraction of sp³-hybridized carbons (Fsp3) is 0.364. The molecule has 0 aromatic carbocycles. The maximum absolute atomic E-state index is 10.1. The van der Waals surface area contributed by atoms with Crippen LogP contribution < -0.4 is 0 Å². The van der Waals surface area contributed by atoms with Crippen molar-refractivity contribution in [1.29, 1.82) is 0 Å². The van der Waals surface area contributed by atoms with Crippen molar-refractivity contribution in [2.24, 2.45) is 0 Å². The molecule has 0 radical (unpaired) electrons. The second kappa shape index (κ2) is 8.93. The van der Waals surface area contributed by atoms with Crippen molar-refractivity contribution in [3.05, 3.63) is 24.2 Å². The maximum Gasteiger partial charge on any atom is 0.335 e. The Morgan fingerprint density at radius 1 is 1.15 bits per heavy atom. The van der Waals surface area contributed by atoms with E-state index in [4.69, 9.17) is 25.5 Å². The quantitative estimate of drug-likeness (QED) is 0.365. The molecule has 20 heavy (non-hydrogen) atoms. The Hall–Kier alpha value is -2.07. The van der Waals surface area contributed by atoms with E-state index >= 15 is 0 Å². The van der Waals surface area contributed by atoms with Crippen LogP contribution in [0.4, 0.5) is 0 Å². The van der Waals surface area contributed by atoms with E-state index < -0.39 is 30.4 Å². The Bertz CT molecular complexity index is 414. The van der Waals surface area contributed by atoms with Crippen LogP contribution in [-0.2, 0) is 9.59 Å². The first-order valence-electron chi connectivity index (χ1n) is 5.24. The van der Waals surface area contributed by atoms with Crippen LogP contribution in [-0.4, -0.2) is 68.5 Å². The second-order valence-electron chi connectivity index (χ2n) is 3.52. The fourth-order valence-corrected chi connectivity index (χ4v) is 0.974. The molecular weight excluding hydrogens is 276 g/mol. The van der Waals surface area contributed by atoms with Crippen molar-refractivity contribution in [1.82, 2.24) is 0 Å². The lowest BCUT2D eigenvalue weighted by Crippen LogP contribution is -2.48. The third kappa shape index (κ3) is 5.71. The van der Waals surface area contributed by atoms with Crippen LogP contribution in [0.1, 0.15) is 10.6 Å². The van der Waals surface area contributed by atoms with E-state index in [-0.39, 0.29) is 6.29 Å². The highest BCUT2D eigenvalue weighted by molar-refractivity contribution is 5.73. The Morgan fingerprint density at radius 2 is 1.75 bits per heavy atom. The molecule has 0 spiro atoms. The van der Waals surface area contributed by atoms with Gasteiger partial charge in [0.1, 0.15) is 18.3 Å². The molecule has 0 amide bonds. The maximum atomic E-state index is 10.1. The molecule has 0 saturated heterocycles. The van der Waals surface area contributed by atoms with Gasteiger partial charge in [0, 0.05) is 0 Å². The van der Waals surface area contributed by atoms with Crippen LogP contribution in [0.5, 0.6) is 0 Å². The zero-order valence-electron chi connectivity index (χ0n) is 10.1. The number of carbonyl (C=O) groups is 3. The average Bonchev–Trinajstić information content (AvgIpc) is 2.97. The van der Waals surface area contributed by atoms with E-state index in [0.29, 0.717) is 12.0 Å². The molecule has 0 saturated carbocycles. The molecular formula is C11H14O9. The molecule has 0 aliphatic heterocycles. The summed E-state index contributed by atoms with van der Waals surface area (Å²) in [7, 11) is 0. The summed E-state index contributed by atoms with van der Waals surface area (Å²) in [6.45, 7) is 0. The normalized spacial score (nSPS) is 16.0. The highest BCUT2D eigenvalue weighted by Gasteiger charge is 2.33. The van der Waals surface area contributed by atoms with Crippen LogP contribution in [0.3, 0.4) is 0 Å². The van der Waals surface area contributed by atoms with Gasteiger partial charge in [0.15, 0.2) is 24.4 Å². The lowest BCUT2D eigenvalue weighted by molar-refractivity contribution is -0.163. The number of rotatable bonds is 6. The standard InChI is InChI=1S/C6H10O7.C5H4O2/c7-1-2(8)3(9)4(10)5(11)6(12)13;6-4-5-2-1-3-7-5/h1-5,8-11H,(H,12,13);1-4H/t2-,3-,4+,5+;/m1./s1. The van der Waals surface area contributed by atoms with Gasteiger partial charge in [-0.2, -0.15) is 0 Å². The SMILES string of the molecule is O=C[C@@H](O)[C@@H](O)[C@H](O)[C@H](O)C(=O)O.O=Cc1ccco1. The number of furan rings is 1. The number of hydrogen-bond acceptors (Lipinski definition) is 8. The second-order valence-corrected chi connectivity index (χ2v) is 3.52. The van der Waals surface area contributed by atoms with Gasteiger partial charge in [0.25, 0.3) is 0 Å². The van der Waals surface area contributed by atoms with E-state index in [0.717, 1.165) is 0 Å². The zero-order valence-corrected chi connectivity index (χ0v) is 10.1. The molecule has 9 nitrogen and oxygen atoms in total. The summed E-state index contributed by atoms with van der Waals surface area (Å²) >= 11 is 0. The summed E-state index contributed by atoms with van der Waals surface area (Å²) in [4.78, 5) is 29.7. The molecule has 1 aromatic rings. The van der Waals surface area contributed by atoms with E-state index in [1.807, 2.05) is 0 Å². The summed E-state index contributed by atoms with van der Waals surface area (Å²) in [5, 5.41) is 43.2. The molecule has 0 aliphatic carbocycles. The van der Waals surface area contributed by atoms with Gasteiger partial charge in [-0.1, -0.05) is 0 Å². The van der Waals surface area contributed by atoms with Gasteiger partial charge in [-0.3, -0.25) is 4.79 Å². The Kier molecular flexibility index (Phi) is 8.01. The van der Waals surface area contributed by atoms with E-state index in [1.54, 1.807) is 12.1 Å². The van der Waals surface area contributed by atoms with Gasteiger partial charge in [-0.25, -0.2) is 4.79 Å². The van der Waals surface area contributed by atoms with Gasteiger partial charge in [0.2, 0.25) is 0 Å². The molecule has 1 aromatic heterocycles. The van der Waals surface area contributed by atoms with Gasteiger partial charge < -0.3 is 34.7 Å². The molecule has 1 rings (SSSR count). The van der Waals surface area contributed by atoms with Crippen LogP contribution >= 0.6 is 0 Å². The molecule has 9 heteroatoms. The molecule has 5 N–H and O–H groups in total. The van der Waals surface area contributed by atoms with Gasteiger partial charge >= 0.3 is 5.97 Å². The molecule has 0 aliphatic rings. The van der Waals surface area contributed by atoms with Crippen molar-refractivity contribution >= 4 is 18.5 Å². The Labute approximate surface area is 112 Å². The average molecular weight is 290 g/mol. The molecule has 112 valence electrons. The zero-order chi connectivity index (χ0) is 15.7. The minimum absolute atomic E-state index is 0.0809. The van der Waals surface area contributed by atoms with Crippen LogP contribution in [0.15, 0.2) is 22.8 Å². The molecule has 4 atom stereocenters. The Morgan fingerprint density at radius 3 is 2.05 bits per heavy atom. The smallest absolute Gasteiger partial charge is 0.335 e. The first-order chi connectivity index (χ1) is 9.34. The number of aliphatic hydroxyl groups is 4. The van der Waals surface area contributed by atoms with Crippen molar-refractivity contribution in [2.75, 3.05) is 0 Å². The van der Waals surface area contributed by atoms with Crippen LogP contribution in [0.2, 0.25) is 0 Å². The number of hydrogen-bond donors (Lipinski definition) is 5. The lowest BCUT2D eigenvalue weighted by atomic mass is 10.0. The highest BCUT2D eigenvalue weighted by Crippen LogP contribution is 2.03. The third-order valence-electron chi connectivity index (χ3n) is 2.08. The van der Waals surface area contributed by atoms with Crippen LogP contribution in [0.25, 0.3) is 0 Å². The minimum Gasteiger partial charge on any atom is -0.479 e. The van der Waals surface area contributed by atoms with E-state index in [1.165, 1.54) is 6.26 Å². The first kappa shape index (κ1) is 17.9. The van der Waals surface area contributed by atoms with Gasteiger partial charge in [0.05, 0.1) is 6.26 Å². The molecule has 0 unspecified atom stereocenters. The van der Waals surface area contributed by atoms with Crippen molar-refractivity contribution in [3.8, 4) is 0 Å². The Balaban J connectivity index is 0.000000428. The highest BCUT2D eigenvalue weighted by atomic mass is 16.4. The summed E-state index contributed by atoms with van der Waals surface area (Å²) in [5.41, 5.74) is 0. The van der Waals surface area contributed by atoms with Gasteiger partial charge in [-0.15, -0.1) is 0 Å². The number of aldehydes is 2. The van der Waals surface area contributed by atoms with Crippen LogP contribution in [0, 0.1) is 0 Å². The van der Waals surface area contributed by atoms with Crippen molar-refractivity contribution < 1.29 is 44.3 Å². The van der Waals surface area contributed by atoms with Crippen molar-refractivity contribution in [2.45, 2.75) is 24.4 Å². The lowest BCUT2D eigenvalue weighted by Gasteiger charge is -2.21. The minimum atomic E-state index is -2.25. The van der Waals surface area contributed by atoms with E-state index in [9.17, 15) is 14.4 Å². The monoisotopic (exact) mass is 290 g/mol. The summed E-state index contributed by atoms with van der Waals surface area (Å²) < 4.78 is 4.61. The number of carbonyl (C=O) groups excluding carboxylic acids is 2. The van der Waals surface area contributed by atoms with E-state index in [2.05, 4.69) is 4.42 Å². The predicted octanol–water partition coefficient (Wildman–Crippen LogP) is -2.19. The molecule has 0 bridgehead atoms. The number of carboxylic acids is 1. The molecule has 1 heterocycles. The topological polar surface area (TPSA) is 166 Å². The van der Waals surface area contributed by atoms with Crippen molar-refractivity contribution in [3.63, 3.8) is 0 Å². The fourth-order valence-electron chi connectivity index (χ4n) is 0.974. The summed E-state index contributed by atoms with van der Waals surface area (Å²) in [6, 6.07) is 3.27. The summed E-state index contributed by atoms with van der Waals surface area (Å²) in [6.07, 6.45) is -6.26. The third-order valence-corrected chi connectivity index (χ3v) is 2.08. The largest absolute Gasteiger partial charge is 0.479 e. The molecule has 0 fully saturated rings. The first-order valence-corrected chi connectivity index (χ1v) is 5.24. The number of aliphatic carboxylic acids is 1. The number of aliphatic hydroxyl groups excluding tert-OH is 4. The summed E-state index contributed by atoms with van der Waals surface area (Å²) in [5.74, 6) is -1.38. The number of carboxylic acid groups (broad SMARTS) is 1. The van der Waals surface area contributed by atoms with Gasteiger partial charge in [-0.05, 0) is 12.1 Å².